The molecule has 1 atom stereocenters. The van der Waals surface area contributed by atoms with Crippen LogP contribution < -0.4 is 16.1 Å². The zero-order valence-corrected chi connectivity index (χ0v) is 16.8. The van der Waals surface area contributed by atoms with Gasteiger partial charge in [0.05, 0.1) is 0 Å². The topological polar surface area (TPSA) is 102 Å². The normalized spacial score (nSPS) is 16.3. The molecule has 0 spiro atoms. The van der Waals surface area contributed by atoms with Crippen LogP contribution in [0, 0.1) is 19.8 Å². The van der Waals surface area contributed by atoms with Crippen LogP contribution in [0.2, 0.25) is 0 Å². The predicted molar refractivity (Wildman–Crippen MR) is 109 cm³/mol. The Bertz CT molecular complexity index is 1250. The van der Waals surface area contributed by atoms with Crippen LogP contribution in [-0.4, -0.2) is 36.3 Å². The van der Waals surface area contributed by atoms with Crippen molar-refractivity contribution >= 4 is 28.8 Å². The largest absolute Gasteiger partial charge is 0.480 e. The third-order valence-electron chi connectivity index (χ3n) is 5.25. The van der Waals surface area contributed by atoms with Gasteiger partial charge in [0.25, 0.3) is 5.56 Å². The monoisotopic (exact) mass is 397 g/mol. The Morgan fingerprint density at radius 1 is 1.17 bits per heavy atom. The van der Waals surface area contributed by atoms with Gasteiger partial charge >= 0.3 is 11.7 Å². The van der Waals surface area contributed by atoms with E-state index in [0.717, 1.165) is 27.9 Å². The van der Waals surface area contributed by atoms with E-state index in [1.807, 2.05) is 13.8 Å². The molecule has 2 aromatic heterocycles. The van der Waals surface area contributed by atoms with Gasteiger partial charge in [0.1, 0.15) is 6.54 Å². The standard InChI is InChI=1S/C20H23N5O4/c1-11-5-12(2)7-14(6-11)23-8-13(3)9-24-16-17(21-19(23)24)22(4)20(29)25(18(16)28)10-15(26)27/h5-7,13H,8-10H2,1-4H3,(H,26,27)/t13-/m0/s1. The Hall–Kier alpha value is -3.36. The lowest BCUT2D eigenvalue weighted by molar-refractivity contribution is -0.137. The number of fused-ring (bicyclic) bond motifs is 3. The van der Waals surface area contributed by atoms with E-state index in [1.165, 1.54) is 11.6 Å². The SMILES string of the molecule is Cc1cc(C)cc(N2C[C@H](C)Cn3c2nc2c3c(=O)n(CC(=O)O)c(=O)n2C)c1. The van der Waals surface area contributed by atoms with Gasteiger partial charge < -0.3 is 14.6 Å². The lowest BCUT2D eigenvalue weighted by atomic mass is 10.1. The van der Waals surface area contributed by atoms with Crippen LogP contribution in [-0.2, 0) is 24.9 Å². The van der Waals surface area contributed by atoms with E-state index in [2.05, 4.69) is 35.0 Å². The summed E-state index contributed by atoms with van der Waals surface area (Å²) >= 11 is 0. The van der Waals surface area contributed by atoms with Gasteiger partial charge in [0.2, 0.25) is 5.95 Å². The first-order valence-electron chi connectivity index (χ1n) is 9.45. The minimum absolute atomic E-state index is 0.227. The van der Waals surface area contributed by atoms with Crippen molar-refractivity contribution in [2.45, 2.75) is 33.9 Å². The number of carboxylic acids is 1. The molecule has 0 radical (unpaired) electrons. The fraction of sp³-hybridized carbons (Fsp3) is 0.400. The molecule has 0 aliphatic carbocycles. The maximum absolute atomic E-state index is 13.0. The molecular weight excluding hydrogens is 374 g/mol. The fourth-order valence-electron chi connectivity index (χ4n) is 4.10. The smallest absolute Gasteiger partial charge is 0.333 e. The first kappa shape index (κ1) is 19.0. The summed E-state index contributed by atoms with van der Waals surface area (Å²) in [6.07, 6.45) is 0. The number of imidazole rings is 1. The van der Waals surface area contributed by atoms with E-state index < -0.39 is 23.8 Å². The van der Waals surface area contributed by atoms with Crippen molar-refractivity contribution in [3.05, 3.63) is 50.2 Å². The first-order valence-corrected chi connectivity index (χ1v) is 9.45. The highest BCUT2D eigenvalue weighted by Crippen LogP contribution is 2.33. The third kappa shape index (κ3) is 3.02. The van der Waals surface area contributed by atoms with E-state index in [9.17, 15) is 14.4 Å². The minimum atomic E-state index is -1.24. The number of aliphatic carboxylic acids is 1. The second-order valence-corrected chi connectivity index (χ2v) is 7.88. The number of carboxylic acid groups (broad SMARTS) is 1. The summed E-state index contributed by atoms with van der Waals surface area (Å²) in [6, 6.07) is 6.22. The predicted octanol–water partition coefficient (Wildman–Crippen LogP) is 1.39. The molecule has 9 heteroatoms. The van der Waals surface area contributed by atoms with Gasteiger partial charge in [-0.3, -0.25) is 14.2 Å². The number of nitrogens with zero attached hydrogens (tertiary/aromatic N) is 5. The molecule has 152 valence electrons. The third-order valence-corrected chi connectivity index (χ3v) is 5.25. The Labute approximate surface area is 166 Å². The van der Waals surface area contributed by atoms with Crippen molar-refractivity contribution in [1.82, 2.24) is 18.7 Å². The molecule has 0 unspecified atom stereocenters. The number of anilines is 2. The summed E-state index contributed by atoms with van der Waals surface area (Å²) in [5, 5.41) is 9.11. The van der Waals surface area contributed by atoms with Crippen molar-refractivity contribution in [3.63, 3.8) is 0 Å². The first-order chi connectivity index (χ1) is 13.7. The highest BCUT2D eigenvalue weighted by atomic mass is 16.4. The lowest BCUT2D eigenvalue weighted by Gasteiger charge is -2.33. The summed E-state index contributed by atoms with van der Waals surface area (Å²) in [7, 11) is 1.51. The summed E-state index contributed by atoms with van der Waals surface area (Å²) in [5.74, 6) is -0.430. The van der Waals surface area contributed by atoms with Crippen molar-refractivity contribution in [1.29, 1.82) is 0 Å². The molecule has 0 bridgehead atoms. The number of carbonyl (C=O) groups is 1. The van der Waals surface area contributed by atoms with Crippen LogP contribution in [0.1, 0.15) is 18.1 Å². The van der Waals surface area contributed by atoms with Gasteiger partial charge in [-0.05, 0) is 43.0 Å². The Kier molecular flexibility index (Phi) is 4.33. The second-order valence-electron chi connectivity index (χ2n) is 7.88. The molecule has 0 saturated carbocycles. The van der Waals surface area contributed by atoms with E-state index in [1.54, 1.807) is 4.57 Å². The zero-order valence-electron chi connectivity index (χ0n) is 16.8. The van der Waals surface area contributed by atoms with Gasteiger partial charge in [-0.2, -0.15) is 4.98 Å². The van der Waals surface area contributed by atoms with Crippen molar-refractivity contribution in [2.75, 3.05) is 11.4 Å². The molecule has 3 heterocycles. The number of aryl methyl sites for hydroxylation is 3. The van der Waals surface area contributed by atoms with E-state index in [0.29, 0.717) is 12.5 Å². The number of hydrogen-bond donors (Lipinski definition) is 1. The van der Waals surface area contributed by atoms with Crippen molar-refractivity contribution in [3.8, 4) is 0 Å². The van der Waals surface area contributed by atoms with Gasteiger partial charge in [-0.25, -0.2) is 9.36 Å². The summed E-state index contributed by atoms with van der Waals surface area (Å²) < 4.78 is 3.80. The second kappa shape index (κ2) is 6.61. The Morgan fingerprint density at radius 3 is 2.45 bits per heavy atom. The molecule has 29 heavy (non-hydrogen) atoms. The number of benzene rings is 1. The molecule has 1 aliphatic heterocycles. The molecular formula is C20H23N5O4. The summed E-state index contributed by atoms with van der Waals surface area (Å²) in [5.41, 5.74) is 2.42. The molecule has 0 saturated heterocycles. The molecule has 1 aliphatic rings. The molecule has 9 nitrogen and oxygen atoms in total. The fourth-order valence-corrected chi connectivity index (χ4v) is 4.10. The quantitative estimate of drug-likeness (QED) is 0.716. The molecule has 1 aromatic carbocycles. The maximum Gasteiger partial charge on any atom is 0.333 e. The van der Waals surface area contributed by atoms with Gasteiger partial charge in [-0.15, -0.1) is 0 Å². The average molecular weight is 397 g/mol. The molecule has 0 fully saturated rings. The van der Waals surface area contributed by atoms with Crippen LogP contribution >= 0.6 is 0 Å². The van der Waals surface area contributed by atoms with Crippen LogP contribution in [0.5, 0.6) is 0 Å². The average Bonchev–Trinajstić information content (AvgIpc) is 3.01. The number of aromatic nitrogens is 4. The maximum atomic E-state index is 13.0. The molecule has 0 amide bonds. The Balaban J connectivity index is 2.02. The van der Waals surface area contributed by atoms with Crippen LogP contribution in [0.3, 0.4) is 0 Å². The number of rotatable bonds is 3. The van der Waals surface area contributed by atoms with Crippen molar-refractivity contribution < 1.29 is 9.90 Å². The zero-order chi connectivity index (χ0) is 21.0. The van der Waals surface area contributed by atoms with Gasteiger partial charge in [0.15, 0.2) is 11.2 Å². The van der Waals surface area contributed by atoms with Gasteiger partial charge in [0, 0.05) is 25.8 Å². The van der Waals surface area contributed by atoms with E-state index in [-0.39, 0.29) is 17.1 Å². The van der Waals surface area contributed by atoms with Crippen LogP contribution in [0.25, 0.3) is 11.2 Å². The van der Waals surface area contributed by atoms with Crippen LogP contribution in [0.4, 0.5) is 11.6 Å². The van der Waals surface area contributed by atoms with Crippen LogP contribution in [0.15, 0.2) is 27.8 Å². The Morgan fingerprint density at radius 2 is 1.83 bits per heavy atom. The van der Waals surface area contributed by atoms with E-state index in [4.69, 9.17) is 5.11 Å². The molecule has 3 aromatic rings. The number of hydrogen-bond acceptors (Lipinski definition) is 5. The van der Waals surface area contributed by atoms with Crippen molar-refractivity contribution in [2.24, 2.45) is 13.0 Å². The minimum Gasteiger partial charge on any atom is -0.480 e. The highest BCUT2D eigenvalue weighted by Gasteiger charge is 2.30. The summed E-state index contributed by atoms with van der Waals surface area (Å²) in [6.45, 7) is 6.75. The lowest BCUT2D eigenvalue weighted by Crippen LogP contribution is -2.41. The highest BCUT2D eigenvalue weighted by molar-refractivity contribution is 5.77. The van der Waals surface area contributed by atoms with E-state index >= 15 is 0 Å². The molecule has 4 rings (SSSR count). The summed E-state index contributed by atoms with van der Waals surface area (Å²) in [4.78, 5) is 43.4. The molecule has 1 N–H and O–H groups in total. The van der Waals surface area contributed by atoms with Gasteiger partial charge in [-0.1, -0.05) is 13.0 Å².